The highest BCUT2D eigenvalue weighted by molar-refractivity contribution is 6.32. The summed E-state index contributed by atoms with van der Waals surface area (Å²) >= 11 is 5.95. The minimum absolute atomic E-state index is 0.121. The third kappa shape index (κ3) is 3.68. The van der Waals surface area contributed by atoms with Gasteiger partial charge >= 0.3 is 0 Å². The van der Waals surface area contributed by atoms with E-state index < -0.39 is 12.1 Å². The molecule has 0 aromatic carbocycles. The lowest BCUT2D eigenvalue weighted by Crippen LogP contribution is -2.27. The van der Waals surface area contributed by atoms with E-state index in [0.29, 0.717) is 12.8 Å². The van der Waals surface area contributed by atoms with E-state index in [1.165, 1.54) is 0 Å². The maximum Gasteiger partial charge on any atom is 0.156 e. The van der Waals surface area contributed by atoms with Crippen molar-refractivity contribution < 1.29 is 4.39 Å². The van der Waals surface area contributed by atoms with Gasteiger partial charge in [0.1, 0.15) is 11.7 Å². The van der Waals surface area contributed by atoms with Gasteiger partial charge in [0.2, 0.25) is 0 Å². The Bertz CT molecular complexity index is 834. The molecule has 1 aromatic heterocycles. The number of hydrogen-bond donors (Lipinski definition) is 1. The fraction of sp³-hybridized carbons (Fsp3) is 0.333. The lowest BCUT2D eigenvalue weighted by atomic mass is 9.94. The monoisotopic (exact) mass is 357 g/mol. The maximum atomic E-state index is 13.5. The predicted octanol–water partition coefficient (Wildman–Crippen LogP) is 3.37. The molecule has 3 rings (SSSR count). The van der Waals surface area contributed by atoms with Gasteiger partial charge in [-0.05, 0) is 30.2 Å². The van der Waals surface area contributed by atoms with E-state index >= 15 is 0 Å². The normalized spacial score (nSPS) is 21.4. The number of halogens is 2. The average molecular weight is 358 g/mol. The Hall–Kier alpha value is -2.36. The van der Waals surface area contributed by atoms with Gasteiger partial charge in [-0.1, -0.05) is 11.6 Å². The molecule has 128 valence electrons. The molecule has 5 nitrogen and oxygen atoms in total. The van der Waals surface area contributed by atoms with Crippen LogP contribution < -0.4 is 5.73 Å². The highest BCUT2D eigenvalue weighted by Crippen LogP contribution is 2.33. The fourth-order valence-electron chi connectivity index (χ4n) is 2.86. The molecule has 0 spiro atoms. The first-order valence-corrected chi connectivity index (χ1v) is 8.40. The molecule has 2 aliphatic rings. The Kier molecular flexibility index (Phi) is 5.37. The summed E-state index contributed by atoms with van der Waals surface area (Å²) in [6.07, 6.45) is 5.90. The number of nitrogens with zero attached hydrogens (tertiary/aromatic N) is 4. The second-order valence-electron chi connectivity index (χ2n) is 5.82. The summed E-state index contributed by atoms with van der Waals surface area (Å²) in [5, 5.41) is 9.32. The van der Waals surface area contributed by atoms with E-state index in [0.717, 1.165) is 22.5 Å². The molecule has 0 amide bonds. The van der Waals surface area contributed by atoms with E-state index in [1.54, 1.807) is 18.5 Å². The van der Waals surface area contributed by atoms with Crippen LogP contribution in [0.3, 0.4) is 0 Å². The molecule has 1 aliphatic carbocycles. The minimum atomic E-state index is -0.506. The van der Waals surface area contributed by atoms with Crippen LogP contribution >= 0.6 is 11.6 Å². The van der Waals surface area contributed by atoms with Crippen molar-refractivity contribution in [3.8, 4) is 6.07 Å². The summed E-state index contributed by atoms with van der Waals surface area (Å²) in [5.74, 6) is -0.767. The third-order valence-corrected chi connectivity index (χ3v) is 4.52. The molecule has 0 bridgehead atoms. The van der Waals surface area contributed by atoms with Crippen molar-refractivity contribution in [3.05, 3.63) is 46.5 Å². The highest BCUT2D eigenvalue weighted by atomic mass is 35.5. The topological polar surface area (TPSA) is 87.4 Å². The molecule has 1 aliphatic heterocycles. The molecule has 2 N–H and O–H groups in total. The second kappa shape index (κ2) is 7.68. The lowest BCUT2D eigenvalue weighted by molar-refractivity contribution is 0.538. The first-order chi connectivity index (χ1) is 12.1. The van der Waals surface area contributed by atoms with Crippen LogP contribution in [-0.2, 0) is 0 Å². The van der Waals surface area contributed by atoms with Gasteiger partial charge in [-0.25, -0.2) is 4.39 Å². The molecular weight excluding hydrogens is 341 g/mol. The number of rotatable bonds is 4. The van der Waals surface area contributed by atoms with E-state index in [-0.39, 0.29) is 23.8 Å². The van der Waals surface area contributed by atoms with Crippen LogP contribution in [0.1, 0.15) is 30.5 Å². The molecule has 7 heteroatoms. The maximum absolute atomic E-state index is 13.5. The van der Waals surface area contributed by atoms with Crippen molar-refractivity contribution in [2.75, 3.05) is 6.54 Å². The zero-order chi connectivity index (χ0) is 17.8. The van der Waals surface area contributed by atoms with Gasteiger partial charge in [-0.3, -0.25) is 15.0 Å². The van der Waals surface area contributed by atoms with Gasteiger partial charge in [-0.2, -0.15) is 5.26 Å². The summed E-state index contributed by atoms with van der Waals surface area (Å²) < 4.78 is 13.5. The van der Waals surface area contributed by atoms with Gasteiger partial charge < -0.3 is 5.73 Å². The molecule has 25 heavy (non-hydrogen) atoms. The van der Waals surface area contributed by atoms with Crippen LogP contribution in [0, 0.1) is 17.2 Å². The molecular formula is C18H17ClFN5. The Labute approximate surface area is 150 Å². The van der Waals surface area contributed by atoms with Crippen molar-refractivity contribution in [3.63, 3.8) is 0 Å². The zero-order valence-electron chi connectivity index (χ0n) is 13.5. The summed E-state index contributed by atoms with van der Waals surface area (Å²) in [4.78, 5) is 13.4. The molecule has 0 radical (unpaired) electrons. The SMILES string of the molecule is N#CC(CN)C1N=CCC(c2cccnc2C2=CC(Cl)=C(F)CC2)=N1. The summed E-state index contributed by atoms with van der Waals surface area (Å²) in [5.41, 5.74) is 8.89. The molecule has 2 atom stereocenters. The standard InChI is InChI=1S/C18H17ClFN5/c19-14-8-11(3-4-15(14)20)17-13(2-1-6-23-17)16-5-7-24-18(25-16)12(9-21)10-22/h1-2,6-8,12,18H,3-5,9,21H2. The molecule has 2 heterocycles. The Balaban J connectivity index is 2.00. The summed E-state index contributed by atoms with van der Waals surface area (Å²) in [7, 11) is 0. The first kappa shape index (κ1) is 17.5. The van der Waals surface area contributed by atoms with Crippen LogP contribution in [0.4, 0.5) is 4.39 Å². The van der Waals surface area contributed by atoms with Crippen molar-refractivity contribution in [1.82, 2.24) is 4.98 Å². The predicted molar refractivity (Wildman–Crippen MR) is 97.0 cm³/mol. The molecule has 0 saturated heterocycles. The van der Waals surface area contributed by atoms with Gasteiger partial charge in [0, 0.05) is 37.4 Å². The van der Waals surface area contributed by atoms with E-state index in [9.17, 15) is 9.65 Å². The van der Waals surface area contributed by atoms with Gasteiger partial charge in [0.15, 0.2) is 6.17 Å². The number of nitrogens with two attached hydrogens (primary N) is 1. The van der Waals surface area contributed by atoms with Gasteiger partial charge in [0.25, 0.3) is 0 Å². The molecule has 1 aromatic rings. The second-order valence-corrected chi connectivity index (χ2v) is 6.23. The Morgan fingerprint density at radius 1 is 1.44 bits per heavy atom. The number of aromatic nitrogens is 1. The fourth-order valence-corrected chi connectivity index (χ4v) is 3.08. The lowest BCUT2D eigenvalue weighted by Gasteiger charge is -2.20. The molecule has 2 unspecified atom stereocenters. The Morgan fingerprint density at radius 3 is 3.00 bits per heavy atom. The minimum Gasteiger partial charge on any atom is -0.329 e. The van der Waals surface area contributed by atoms with Gasteiger partial charge in [0.05, 0.1) is 22.5 Å². The highest BCUT2D eigenvalue weighted by Gasteiger charge is 2.24. The Morgan fingerprint density at radius 2 is 2.28 bits per heavy atom. The number of hydrogen-bond acceptors (Lipinski definition) is 5. The summed E-state index contributed by atoms with van der Waals surface area (Å²) in [6.45, 7) is 0.194. The van der Waals surface area contributed by atoms with Crippen molar-refractivity contribution in [2.24, 2.45) is 21.6 Å². The first-order valence-electron chi connectivity index (χ1n) is 8.02. The largest absolute Gasteiger partial charge is 0.329 e. The number of allylic oxidation sites excluding steroid dienone is 4. The smallest absolute Gasteiger partial charge is 0.156 e. The van der Waals surface area contributed by atoms with Crippen molar-refractivity contribution in [2.45, 2.75) is 25.4 Å². The van der Waals surface area contributed by atoms with Crippen LogP contribution in [0.25, 0.3) is 5.57 Å². The van der Waals surface area contributed by atoms with Gasteiger partial charge in [-0.15, -0.1) is 0 Å². The number of aliphatic imine (C=N–C) groups is 2. The number of pyridine rings is 1. The van der Waals surface area contributed by atoms with Crippen molar-refractivity contribution in [1.29, 1.82) is 5.26 Å². The number of nitriles is 1. The molecule has 0 saturated carbocycles. The summed E-state index contributed by atoms with van der Waals surface area (Å²) in [6, 6.07) is 5.89. The van der Waals surface area contributed by atoms with Crippen molar-refractivity contribution >= 4 is 29.1 Å². The van der Waals surface area contributed by atoms with E-state index in [4.69, 9.17) is 17.3 Å². The quantitative estimate of drug-likeness (QED) is 0.896. The van der Waals surface area contributed by atoms with Crippen LogP contribution in [-0.4, -0.2) is 29.6 Å². The molecule has 0 fully saturated rings. The van der Waals surface area contributed by atoms with Crippen LogP contribution in [0.15, 0.2) is 45.2 Å². The zero-order valence-corrected chi connectivity index (χ0v) is 14.2. The van der Waals surface area contributed by atoms with Crippen LogP contribution in [0.2, 0.25) is 0 Å². The van der Waals surface area contributed by atoms with E-state index in [1.807, 2.05) is 12.1 Å². The average Bonchev–Trinajstić information content (AvgIpc) is 2.65. The van der Waals surface area contributed by atoms with E-state index in [2.05, 4.69) is 21.0 Å². The van der Waals surface area contributed by atoms with Crippen LogP contribution in [0.5, 0.6) is 0 Å². The third-order valence-electron chi connectivity index (χ3n) is 4.21.